The van der Waals surface area contributed by atoms with Gasteiger partial charge in [-0.2, -0.15) is 0 Å². The number of rotatable bonds is 5. The molecule has 3 nitrogen and oxygen atoms in total. The van der Waals surface area contributed by atoms with Crippen LogP contribution in [-0.4, -0.2) is 11.5 Å². The number of fused-ring (bicyclic) bond motifs is 1. The highest BCUT2D eigenvalue weighted by Gasteiger charge is 2.12. The third-order valence-corrected chi connectivity index (χ3v) is 4.61. The van der Waals surface area contributed by atoms with Crippen molar-refractivity contribution >= 4 is 11.8 Å². The van der Waals surface area contributed by atoms with Crippen LogP contribution < -0.4 is 5.32 Å². The first-order valence-corrected chi connectivity index (χ1v) is 8.85. The van der Waals surface area contributed by atoms with E-state index in [4.69, 9.17) is 4.42 Å². The highest BCUT2D eigenvalue weighted by atomic mass is 16.4. The van der Waals surface area contributed by atoms with E-state index in [0.717, 1.165) is 36.3 Å². The van der Waals surface area contributed by atoms with E-state index in [2.05, 4.69) is 72.7 Å². The smallest absolute Gasteiger partial charge is 0.226 e. The summed E-state index contributed by atoms with van der Waals surface area (Å²) in [5.74, 6) is 1.47. The second kappa shape index (κ2) is 6.60. The summed E-state index contributed by atoms with van der Waals surface area (Å²) in [4.78, 5) is 4.48. The van der Waals surface area contributed by atoms with Crippen molar-refractivity contribution in [1.82, 2.24) is 4.98 Å². The van der Waals surface area contributed by atoms with E-state index in [0.29, 0.717) is 5.89 Å². The molecule has 1 aliphatic carbocycles. The summed E-state index contributed by atoms with van der Waals surface area (Å²) in [6, 6.07) is 12.7. The van der Waals surface area contributed by atoms with Crippen LogP contribution in [0.4, 0.5) is 5.69 Å². The number of aryl methyl sites for hydroxylation is 1. The first kappa shape index (κ1) is 15.7. The van der Waals surface area contributed by atoms with Gasteiger partial charge < -0.3 is 9.73 Å². The summed E-state index contributed by atoms with van der Waals surface area (Å²) < 4.78 is 6.04. The minimum atomic E-state index is 0.663. The molecule has 0 amide bonds. The summed E-state index contributed by atoms with van der Waals surface area (Å²) in [6.45, 7) is 5.26. The number of benzene rings is 2. The molecule has 0 radical (unpaired) electrons. The van der Waals surface area contributed by atoms with Crippen molar-refractivity contribution in [1.29, 1.82) is 0 Å². The molecule has 2 aromatic carbocycles. The Morgan fingerprint density at radius 2 is 2.00 bits per heavy atom. The van der Waals surface area contributed by atoms with Gasteiger partial charge in [-0.05, 0) is 60.7 Å². The first-order chi connectivity index (χ1) is 12.2. The van der Waals surface area contributed by atoms with Crippen molar-refractivity contribution in [3.8, 4) is 22.8 Å². The summed E-state index contributed by atoms with van der Waals surface area (Å²) in [6.07, 6.45) is 8.31. The molecule has 3 heteroatoms. The summed E-state index contributed by atoms with van der Waals surface area (Å²) in [5, 5.41) is 3.44. The van der Waals surface area contributed by atoms with Gasteiger partial charge in [0.2, 0.25) is 5.89 Å². The van der Waals surface area contributed by atoms with Gasteiger partial charge in [0.1, 0.15) is 0 Å². The van der Waals surface area contributed by atoms with Crippen LogP contribution in [0.1, 0.15) is 30.0 Å². The Hall–Kier alpha value is -2.81. The quantitative estimate of drug-likeness (QED) is 0.651. The maximum Gasteiger partial charge on any atom is 0.226 e. The van der Waals surface area contributed by atoms with Gasteiger partial charge in [-0.25, -0.2) is 4.98 Å². The fraction of sp³-hybridized carbons (Fsp3) is 0.227. The van der Waals surface area contributed by atoms with Gasteiger partial charge in [0.05, 0.1) is 6.20 Å². The zero-order valence-electron chi connectivity index (χ0n) is 14.7. The van der Waals surface area contributed by atoms with Crippen molar-refractivity contribution in [2.75, 3.05) is 11.9 Å². The average molecular weight is 330 g/mol. The third-order valence-electron chi connectivity index (χ3n) is 4.61. The number of anilines is 1. The Bertz CT molecular complexity index is 937. The fourth-order valence-corrected chi connectivity index (χ4v) is 3.20. The summed E-state index contributed by atoms with van der Waals surface area (Å²) >= 11 is 0. The summed E-state index contributed by atoms with van der Waals surface area (Å²) in [5.41, 5.74) is 7.09. The standard InChI is InChI=1S/C22H22N2O/c1-3-11-23-20-10-9-19(12-15(20)2)22-24-14-21(25-22)18-8-7-16-5-4-6-17(16)13-18/h4,6-10,12-14,23H,3,5,11H2,1-2H3. The first-order valence-electron chi connectivity index (χ1n) is 8.85. The van der Waals surface area contributed by atoms with Crippen molar-refractivity contribution in [3.05, 3.63) is 65.4 Å². The highest BCUT2D eigenvalue weighted by Crippen LogP contribution is 2.31. The van der Waals surface area contributed by atoms with E-state index in [1.54, 1.807) is 0 Å². The molecule has 25 heavy (non-hydrogen) atoms. The minimum absolute atomic E-state index is 0.663. The minimum Gasteiger partial charge on any atom is -0.436 e. The van der Waals surface area contributed by atoms with Crippen molar-refractivity contribution in [2.24, 2.45) is 0 Å². The van der Waals surface area contributed by atoms with Crippen LogP contribution in [0.2, 0.25) is 0 Å². The number of hydrogen-bond donors (Lipinski definition) is 1. The van der Waals surface area contributed by atoms with Crippen LogP contribution in [0.5, 0.6) is 0 Å². The SMILES string of the molecule is CCCNc1ccc(-c2ncc(-c3ccc4c(c3)C=CC4)o2)cc1C. The van der Waals surface area contributed by atoms with Crippen LogP contribution in [0, 0.1) is 6.92 Å². The topological polar surface area (TPSA) is 38.1 Å². The third kappa shape index (κ3) is 3.10. The number of hydrogen-bond acceptors (Lipinski definition) is 3. The van der Waals surface area contributed by atoms with Gasteiger partial charge in [0, 0.05) is 23.4 Å². The second-order valence-electron chi connectivity index (χ2n) is 6.51. The lowest BCUT2D eigenvalue weighted by Gasteiger charge is -2.09. The molecular weight excluding hydrogens is 308 g/mol. The van der Waals surface area contributed by atoms with Gasteiger partial charge in [-0.1, -0.05) is 31.2 Å². The molecule has 1 aromatic heterocycles. The lowest BCUT2D eigenvalue weighted by atomic mass is 10.1. The van der Waals surface area contributed by atoms with E-state index >= 15 is 0 Å². The lowest BCUT2D eigenvalue weighted by Crippen LogP contribution is -2.01. The maximum atomic E-state index is 6.04. The fourth-order valence-electron chi connectivity index (χ4n) is 3.20. The molecule has 0 fully saturated rings. The van der Waals surface area contributed by atoms with Crippen LogP contribution in [0.3, 0.4) is 0 Å². The van der Waals surface area contributed by atoms with Gasteiger partial charge >= 0.3 is 0 Å². The number of aromatic nitrogens is 1. The molecule has 1 heterocycles. The Balaban J connectivity index is 1.61. The molecule has 1 aliphatic rings. The number of oxazole rings is 1. The molecule has 126 valence electrons. The number of allylic oxidation sites excluding steroid dienone is 1. The van der Waals surface area contributed by atoms with E-state index in [1.807, 2.05) is 6.20 Å². The molecule has 0 bridgehead atoms. The lowest BCUT2D eigenvalue weighted by molar-refractivity contribution is 0.589. The van der Waals surface area contributed by atoms with Crippen LogP contribution >= 0.6 is 0 Å². The van der Waals surface area contributed by atoms with Crippen LogP contribution in [0.15, 0.2) is 53.1 Å². The van der Waals surface area contributed by atoms with Crippen molar-refractivity contribution in [3.63, 3.8) is 0 Å². The van der Waals surface area contributed by atoms with Gasteiger partial charge in [-0.3, -0.25) is 0 Å². The largest absolute Gasteiger partial charge is 0.436 e. The molecule has 3 aromatic rings. The van der Waals surface area contributed by atoms with Crippen molar-refractivity contribution in [2.45, 2.75) is 26.7 Å². The molecule has 0 atom stereocenters. The van der Waals surface area contributed by atoms with E-state index in [9.17, 15) is 0 Å². The average Bonchev–Trinajstić information content (AvgIpc) is 3.29. The predicted molar refractivity (Wildman–Crippen MR) is 104 cm³/mol. The molecule has 0 aliphatic heterocycles. The Labute approximate surface area is 148 Å². The Morgan fingerprint density at radius 3 is 2.84 bits per heavy atom. The van der Waals surface area contributed by atoms with Crippen LogP contribution in [-0.2, 0) is 6.42 Å². The Kier molecular flexibility index (Phi) is 4.14. The molecule has 1 N–H and O–H groups in total. The number of nitrogens with one attached hydrogen (secondary N) is 1. The van der Waals surface area contributed by atoms with Crippen LogP contribution in [0.25, 0.3) is 28.9 Å². The Morgan fingerprint density at radius 1 is 1.12 bits per heavy atom. The molecule has 0 unspecified atom stereocenters. The highest BCUT2D eigenvalue weighted by molar-refractivity contribution is 5.70. The molecule has 0 saturated heterocycles. The molecule has 0 spiro atoms. The molecule has 4 rings (SSSR count). The monoisotopic (exact) mass is 330 g/mol. The van der Waals surface area contributed by atoms with E-state index < -0.39 is 0 Å². The maximum absolute atomic E-state index is 6.04. The molecule has 0 saturated carbocycles. The molecular formula is C22H22N2O. The predicted octanol–water partition coefficient (Wildman–Crippen LogP) is 5.71. The summed E-state index contributed by atoms with van der Waals surface area (Å²) in [7, 11) is 0. The normalized spacial score (nSPS) is 12.4. The van der Waals surface area contributed by atoms with Gasteiger partial charge in [0.15, 0.2) is 5.76 Å². The second-order valence-corrected chi connectivity index (χ2v) is 6.51. The van der Waals surface area contributed by atoms with Gasteiger partial charge in [-0.15, -0.1) is 0 Å². The number of nitrogens with zero attached hydrogens (tertiary/aromatic N) is 1. The zero-order valence-corrected chi connectivity index (χ0v) is 14.7. The van der Waals surface area contributed by atoms with Crippen molar-refractivity contribution < 1.29 is 4.42 Å². The van der Waals surface area contributed by atoms with E-state index in [-0.39, 0.29) is 0 Å². The zero-order chi connectivity index (χ0) is 17.2. The van der Waals surface area contributed by atoms with Gasteiger partial charge in [0.25, 0.3) is 0 Å². The van der Waals surface area contributed by atoms with E-state index in [1.165, 1.54) is 22.4 Å².